The molecule has 0 saturated carbocycles. The van der Waals surface area contributed by atoms with Crippen LogP contribution in [0.5, 0.6) is 11.8 Å². The first-order valence-electron chi connectivity index (χ1n) is 11.7. The lowest BCUT2D eigenvalue weighted by atomic mass is 9.92. The summed E-state index contributed by atoms with van der Waals surface area (Å²) in [6, 6.07) is 16.6. The number of carbonyl (C=O) groups is 2. The number of hydrogen-bond acceptors (Lipinski definition) is 9. The number of alkyl halides is 3. The molecular weight excluding hydrogens is 534 g/mol. The van der Waals surface area contributed by atoms with Gasteiger partial charge < -0.3 is 20.5 Å². The molecule has 0 saturated heterocycles. The predicted molar refractivity (Wildman–Crippen MR) is 135 cm³/mol. The van der Waals surface area contributed by atoms with Gasteiger partial charge in [0.2, 0.25) is 0 Å². The Labute approximate surface area is 225 Å². The smallest absolute Gasteiger partial charge is 0.424 e. The maximum atomic E-state index is 13.5. The number of benzene rings is 2. The summed E-state index contributed by atoms with van der Waals surface area (Å²) in [7, 11) is 0. The number of carbonyl (C=O) groups excluding carboxylic acids is 2. The zero-order chi connectivity index (χ0) is 28.7. The molecule has 0 spiro atoms. The molecule has 2 aromatic carbocycles. The Morgan fingerprint density at radius 1 is 0.950 bits per heavy atom. The molecular formula is C27H21F4N5O4. The van der Waals surface area contributed by atoms with E-state index in [-0.39, 0.29) is 11.7 Å². The SMILES string of the molecule is Nc1ccnc(NCc2ccc(Oc3nccc(C(CC(=O)OC(=O)C(F)(F)F)c4ccc(F)cc4)n3)cc2)c1. The van der Waals surface area contributed by atoms with Gasteiger partial charge in [-0.3, -0.25) is 4.79 Å². The van der Waals surface area contributed by atoms with Gasteiger partial charge in [-0.15, -0.1) is 0 Å². The number of nitrogen functional groups attached to an aromatic ring is 1. The van der Waals surface area contributed by atoms with E-state index >= 15 is 0 Å². The number of nitrogens with two attached hydrogens (primary N) is 1. The standard InChI is InChI=1S/C27H21F4N5O4/c28-18-5-3-17(4-6-18)21(14-24(37)40-25(38)27(29,30)31)22-10-12-34-26(36-22)39-20-7-1-16(2-8-20)15-35-23-13-19(32)9-11-33-23/h1-13,21H,14-15H2,(H3,32,33,35). The highest BCUT2D eigenvalue weighted by atomic mass is 19.4. The number of esters is 2. The van der Waals surface area contributed by atoms with E-state index in [2.05, 4.69) is 25.0 Å². The molecule has 13 heteroatoms. The number of pyridine rings is 1. The summed E-state index contributed by atoms with van der Waals surface area (Å²) in [5.74, 6) is -4.62. The van der Waals surface area contributed by atoms with Crippen molar-refractivity contribution >= 4 is 23.4 Å². The van der Waals surface area contributed by atoms with E-state index in [4.69, 9.17) is 10.5 Å². The molecule has 0 amide bonds. The fourth-order valence-electron chi connectivity index (χ4n) is 3.57. The van der Waals surface area contributed by atoms with Crippen LogP contribution in [-0.2, 0) is 20.9 Å². The summed E-state index contributed by atoms with van der Waals surface area (Å²) in [6.45, 7) is 0.467. The highest BCUT2D eigenvalue weighted by Crippen LogP contribution is 2.30. The molecule has 0 aliphatic heterocycles. The Morgan fingerprint density at radius 3 is 2.33 bits per heavy atom. The number of anilines is 2. The van der Waals surface area contributed by atoms with Crippen LogP contribution in [-0.4, -0.2) is 33.1 Å². The molecule has 0 bridgehead atoms. The largest absolute Gasteiger partial charge is 0.491 e. The van der Waals surface area contributed by atoms with E-state index in [9.17, 15) is 27.2 Å². The van der Waals surface area contributed by atoms with E-state index < -0.39 is 36.3 Å². The molecule has 1 unspecified atom stereocenters. The zero-order valence-corrected chi connectivity index (χ0v) is 20.6. The minimum absolute atomic E-state index is 0.112. The fourth-order valence-corrected chi connectivity index (χ4v) is 3.57. The third-order valence-electron chi connectivity index (χ3n) is 5.48. The molecule has 3 N–H and O–H groups in total. The lowest BCUT2D eigenvalue weighted by molar-refractivity contribution is -0.201. The van der Waals surface area contributed by atoms with Gasteiger partial charge >= 0.3 is 24.1 Å². The summed E-state index contributed by atoms with van der Waals surface area (Å²) in [5, 5.41) is 3.14. The van der Waals surface area contributed by atoms with Crippen LogP contribution in [0, 0.1) is 5.82 Å². The van der Waals surface area contributed by atoms with Crippen LogP contribution in [0.4, 0.5) is 29.1 Å². The number of ether oxygens (including phenoxy) is 2. The summed E-state index contributed by atoms with van der Waals surface area (Å²) in [5.41, 5.74) is 7.75. The van der Waals surface area contributed by atoms with E-state index in [1.54, 1.807) is 42.6 Å². The lowest BCUT2D eigenvalue weighted by Gasteiger charge is -2.17. The minimum Gasteiger partial charge on any atom is -0.424 e. The summed E-state index contributed by atoms with van der Waals surface area (Å²) < 4.78 is 60.8. The average Bonchev–Trinajstić information content (AvgIpc) is 2.92. The number of nitrogens with one attached hydrogen (secondary N) is 1. The molecule has 4 rings (SSSR count). The second kappa shape index (κ2) is 12.2. The molecule has 0 radical (unpaired) electrons. The fraction of sp³-hybridized carbons (Fsp3) is 0.148. The molecule has 0 aliphatic carbocycles. The predicted octanol–water partition coefficient (Wildman–Crippen LogP) is 5.15. The molecule has 2 aromatic heterocycles. The van der Waals surface area contributed by atoms with Crippen molar-refractivity contribution in [1.29, 1.82) is 0 Å². The Morgan fingerprint density at radius 2 is 1.65 bits per heavy atom. The topological polar surface area (TPSA) is 129 Å². The molecule has 1 atom stereocenters. The number of aromatic nitrogens is 3. The van der Waals surface area contributed by atoms with Crippen LogP contribution in [0.1, 0.15) is 29.2 Å². The normalized spacial score (nSPS) is 11.9. The molecule has 40 heavy (non-hydrogen) atoms. The third kappa shape index (κ3) is 7.72. The van der Waals surface area contributed by atoms with Gasteiger partial charge in [0.15, 0.2) is 0 Å². The van der Waals surface area contributed by atoms with Gasteiger partial charge in [0.05, 0.1) is 12.1 Å². The molecule has 9 nitrogen and oxygen atoms in total. The van der Waals surface area contributed by atoms with Crippen molar-refractivity contribution in [3.63, 3.8) is 0 Å². The molecule has 0 fully saturated rings. The first-order valence-corrected chi connectivity index (χ1v) is 11.7. The molecule has 206 valence electrons. The highest BCUT2D eigenvalue weighted by molar-refractivity contribution is 5.88. The number of nitrogens with zero attached hydrogens (tertiary/aromatic N) is 3. The highest BCUT2D eigenvalue weighted by Gasteiger charge is 2.42. The summed E-state index contributed by atoms with van der Waals surface area (Å²) in [6.07, 6.45) is -3.10. The summed E-state index contributed by atoms with van der Waals surface area (Å²) >= 11 is 0. The number of rotatable bonds is 9. The van der Waals surface area contributed by atoms with Crippen molar-refractivity contribution in [1.82, 2.24) is 15.0 Å². The molecule has 0 aliphatic rings. The van der Waals surface area contributed by atoms with E-state index in [1.165, 1.54) is 24.4 Å². The van der Waals surface area contributed by atoms with Crippen LogP contribution in [0.3, 0.4) is 0 Å². The third-order valence-corrected chi connectivity index (χ3v) is 5.48. The second-order valence-corrected chi connectivity index (χ2v) is 8.41. The first-order chi connectivity index (χ1) is 19.1. The van der Waals surface area contributed by atoms with Gasteiger partial charge in [-0.1, -0.05) is 24.3 Å². The van der Waals surface area contributed by atoms with Crippen molar-refractivity contribution in [2.45, 2.75) is 25.1 Å². The van der Waals surface area contributed by atoms with Crippen molar-refractivity contribution < 1.29 is 36.6 Å². The van der Waals surface area contributed by atoms with Gasteiger partial charge in [0.25, 0.3) is 0 Å². The minimum atomic E-state index is -5.34. The first kappa shape index (κ1) is 28.0. The van der Waals surface area contributed by atoms with Crippen molar-refractivity contribution in [2.24, 2.45) is 0 Å². The van der Waals surface area contributed by atoms with E-state index in [0.29, 0.717) is 29.4 Å². The molecule has 4 aromatic rings. The van der Waals surface area contributed by atoms with E-state index in [1.807, 2.05) is 0 Å². The van der Waals surface area contributed by atoms with Gasteiger partial charge in [-0.05, 0) is 47.5 Å². The van der Waals surface area contributed by atoms with Crippen LogP contribution >= 0.6 is 0 Å². The Bertz CT molecular complexity index is 1480. The quantitative estimate of drug-likeness (QED) is 0.164. The van der Waals surface area contributed by atoms with Crippen molar-refractivity contribution in [3.05, 3.63) is 102 Å². The van der Waals surface area contributed by atoms with E-state index in [0.717, 1.165) is 17.7 Å². The monoisotopic (exact) mass is 555 g/mol. The van der Waals surface area contributed by atoms with Gasteiger partial charge in [-0.25, -0.2) is 19.2 Å². The maximum absolute atomic E-state index is 13.5. The molecule has 2 heterocycles. The van der Waals surface area contributed by atoms with Crippen LogP contribution < -0.4 is 15.8 Å². The average molecular weight is 555 g/mol. The maximum Gasteiger partial charge on any atom is 0.491 e. The van der Waals surface area contributed by atoms with Gasteiger partial charge in [-0.2, -0.15) is 18.2 Å². The zero-order valence-electron chi connectivity index (χ0n) is 20.6. The number of hydrogen-bond donors (Lipinski definition) is 2. The lowest BCUT2D eigenvalue weighted by Crippen LogP contribution is -2.28. The Balaban J connectivity index is 1.48. The second-order valence-electron chi connectivity index (χ2n) is 8.41. The van der Waals surface area contributed by atoms with Crippen molar-refractivity contribution in [3.8, 4) is 11.8 Å². The van der Waals surface area contributed by atoms with Gasteiger partial charge in [0.1, 0.15) is 17.4 Å². The van der Waals surface area contributed by atoms with Crippen LogP contribution in [0.25, 0.3) is 0 Å². The Hall–Kier alpha value is -5.07. The van der Waals surface area contributed by atoms with Crippen molar-refractivity contribution in [2.75, 3.05) is 11.1 Å². The van der Waals surface area contributed by atoms with Gasteiger partial charge in [0, 0.05) is 36.6 Å². The van der Waals surface area contributed by atoms with Crippen LogP contribution in [0.15, 0.2) is 79.1 Å². The summed E-state index contributed by atoms with van der Waals surface area (Å²) in [4.78, 5) is 35.8. The number of halogens is 4. The Kier molecular flexibility index (Phi) is 8.52. The van der Waals surface area contributed by atoms with Crippen LogP contribution in [0.2, 0.25) is 0 Å².